The molecule has 0 aliphatic heterocycles. The fourth-order valence-corrected chi connectivity index (χ4v) is 2.20. The van der Waals surface area contributed by atoms with Gasteiger partial charge in [0.2, 0.25) is 0 Å². The number of methoxy groups -OCH3 is 1. The van der Waals surface area contributed by atoms with Gasteiger partial charge < -0.3 is 4.74 Å². The molecular formula is C9H12I2O2. The van der Waals surface area contributed by atoms with Crippen LogP contribution in [0.1, 0.15) is 12.8 Å². The molecule has 2 nitrogen and oxygen atoms in total. The zero-order valence-electron chi connectivity index (χ0n) is 7.37. The third-order valence-electron chi connectivity index (χ3n) is 2.78. The van der Waals surface area contributed by atoms with E-state index in [1.54, 1.807) is 0 Å². The summed E-state index contributed by atoms with van der Waals surface area (Å²) in [6, 6.07) is 0. The van der Waals surface area contributed by atoms with Crippen molar-refractivity contribution in [3.05, 3.63) is 12.2 Å². The standard InChI is InChI=1S/C9H12O2.I2/c1-11-9(10)8-5-6-2-3-7(8)4-6;1-2/h2-3,6-8H,4-5H2,1H3;. The first kappa shape index (κ1) is 11.7. The van der Waals surface area contributed by atoms with Gasteiger partial charge in [-0.2, -0.15) is 0 Å². The van der Waals surface area contributed by atoms with Gasteiger partial charge in [0.25, 0.3) is 0 Å². The lowest BCUT2D eigenvalue weighted by atomic mass is 9.94. The molecule has 2 aliphatic rings. The van der Waals surface area contributed by atoms with Crippen LogP contribution in [0.5, 0.6) is 0 Å². The van der Waals surface area contributed by atoms with Gasteiger partial charge >= 0.3 is 5.97 Å². The first-order valence-corrected chi connectivity index (χ1v) is 10.5. The average molecular weight is 406 g/mol. The van der Waals surface area contributed by atoms with Gasteiger partial charge in [-0.25, -0.2) is 0 Å². The Morgan fingerprint density at radius 1 is 1.38 bits per heavy atom. The van der Waals surface area contributed by atoms with Gasteiger partial charge in [0.05, 0.1) is 13.0 Å². The molecule has 2 aliphatic carbocycles. The third-order valence-corrected chi connectivity index (χ3v) is 2.78. The monoisotopic (exact) mass is 406 g/mol. The van der Waals surface area contributed by atoms with Crippen molar-refractivity contribution < 1.29 is 9.53 Å². The SMILES string of the molecule is COC(=O)C1CC2C=CC1C2.II. The molecule has 0 aromatic rings. The van der Waals surface area contributed by atoms with Crippen molar-refractivity contribution in [3.8, 4) is 0 Å². The molecule has 0 heterocycles. The molecule has 2 rings (SSSR count). The van der Waals surface area contributed by atoms with E-state index in [9.17, 15) is 4.79 Å². The van der Waals surface area contributed by atoms with Gasteiger partial charge in [-0.3, -0.25) is 4.79 Å². The highest BCUT2D eigenvalue weighted by molar-refractivity contribution is 15.0. The molecule has 13 heavy (non-hydrogen) atoms. The highest BCUT2D eigenvalue weighted by Gasteiger charge is 2.40. The van der Waals surface area contributed by atoms with E-state index < -0.39 is 0 Å². The number of carbonyl (C=O) groups excluding carboxylic acids is 1. The van der Waals surface area contributed by atoms with Crippen molar-refractivity contribution in [1.82, 2.24) is 0 Å². The second-order valence-corrected chi connectivity index (χ2v) is 3.41. The van der Waals surface area contributed by atoms with Crippen LogP contribution in [-0.4, -0.2) is 13.1 Å². The molecule has 2 bridgehead atoms. The summed E-state index contributed by atoms with van der Waals surface area (Å²) in [5.74, 6) is 1.27. The van der Waals surface area contributed by atoms with Crippen molar-refractivity contribution in [2.75, 3.05) is 7.11 Å². The fourth-order valence-electron chi connectivity index (χ4n) is 2.20. The molecule has 0 N–H and O–H groups in total. The summed E-state index contributed by atoms with van der Waals surface area (Å²) in [6.45, 7) is 0. The maximum absolute atomic E-state index is 11.1. The Bertz CT molecular complexity index is 216. The summed E-state index contributed by atoms with van der Waals surface area (Å²) in [4.78, 5) is 11.1. The van der Waals surface area contributed by atoms with E-state index in [1.807, 2.05) is 0 Å². The number of allylic oxidation sites excluding steroid dienone is 2. The summed E-state index contributed by atoms with van der Waals surface area (Å²) in [7, 11) is 1.47. The van der Waals surface area contributed by atoms with Crippen LogP contribution >= 0.6 is 37.2 Å². The Kier molecular flexibility index (Phi) is 4.99. The Morgan fingerprint density at radius 2 is 2.08 bits per heavy atom. The minimum Gasteiger partial charge on any atom is -0.469 e. The van der Waals surface area contributed by atoms with Crippen LogP contribution in [0.2, 0.25) is 0 Å². The highest BCUT2D eigenvalue weighted by Crippen LogP contribution is 2.43. The summed E-state index contributed by atoms with van der Waals surface area (Å²) in [5.41, 5.74) is 0. The van der Waals surface area contributed by atoms with Crippen LogP contribution in [0.15, 0.2) is 12.2 Å². The van der Waals surface area contributed by atoms with E-state index in [1.165, 1.54) is 13.5 Å². The summed E-state index contributed by atoms with van der Waals surface area (Å²) in [6.07, 6.45) is 6.56. The van der Waals surface area contributed by atoms with Crippen molar-refractivity contribution in [3.63, 3.8) is 0 Å². The Labute approximate surface area is 102 Å². The second kappa shape index (κ2) is 5.53. The number of rotatable bonds is 1. The maximum atomic E-state index is 11.1. The Hall–Kier alpha value is 0.670. The van der Waals surface area contributed by atoms with E-state index in [2.05, 4.69) is 49.4 Å². The molecule has 1 saturated carbocycles. The van der Waals surface area contributed by atoms with Crippen molar-refractivity contribution in [2.24, 2.45) is 17.8 Å². The molecule has 0 amide bonds. The van der Waals surface area contributed by atoms with Crippen LogP contribution in [0, 0.1) is 17.8 Å². The predicted molar refractivity (Wildman–Crippen MR) is 68.9 cm³/mol. The minimum atomic E-state index is -0.0261. The van der Waals surface area contributed by atoms with Crippen LogP contribution in [0.4, 0.5) is 0 Å². The zero-order chi connectivity index (χ0) is 9.84. The van der Waals surface area contributed by atoms with E-state index in [0.29, 0.717) is 11.8 Å². The number of ether oxygens (including phenoxy) is 1. The predicted octanol–water partition coefficient (Wildman–Crippen LogP) is 3.14. The number of halogens is 2. The van der Waals surface area contributed by atoms with Crippen LogP contribution < -0.4 is 0 Å². The van der Waals surface area contributed by atoms with E-state index >= 15 is 0 Å². The molecule has 74 valence electrons. The molecule has 3 unspecified atom stereocenters. The third kappa shape index (κ3) is 2.57. The number of carbonyl (C=O) groups is 1. The number of fused-ring (bicyclic) bond motifs is 2. The highest BCUT2D eigenvalue weighted by atomic mass is 128. The molecule has 3 atom stereocenters. The molecule has 0 aromatic heterocycles. The zero-order valence-corrected chi connectivity index (χ0v) is 11.7. The largest absolute Gasteiger partial charge is 0.469 e. The van der Waals surface area contributed by atoms with E-state index in [0.717, 1.165) is 6.42 Å². The molecular weight excluding hydrogens is 394 g/mol. The van der Waals surface area contributed by atoms with Crippen LogP contribution in [0.3, 0.4) is 0 Å². The van der Waals surface area contributed by atoms with E-state index in [-0.39, 0.29) is 11.9 Å². The van der Waals surface area contributed by atoms with Crippen LogP contribution in [-0.2, 0) is 9.53 Å². The van der Waals surface area contributed by atoms with Gasteiger partial charge in [0, 0.05) is 37.2 Å². The second-order valence-electron chi connectivity index (χ2n) is 3.41. The lowest BCUT2D eigenvalue weighted by Crippen LogP contribution is -2.19. The van der Waals surface area contributed by atoms with Gasteiger partial charge in [-0.15, -0.1) is 0 Å². The molecule has 4 heteroatoms. The average Bonchev–Trinajstić information content (AvgIpc) is 2.80. The smallest absolute Gasteiger partial charge is 0.309 e. The van der Waals surface area contributed by atoms with Gasteiger partial charge in [-0.05, 0) is 24.7 Å². The first-order valence-electron chi connectivity index (χ1n) is 4.21. The van der Waals surface area contributed by atoms with Gasteiger partial charge in [0.15, 0.2) is 0 Å². The molecule has 1 fully saturated rings. The molecule has 0 radical (unpaired) electrons. The first-order chi connectivity index (χ1) is 6.31. The Morgan fingerprint density at radius 3 is 2.46 bits per heavy atom. The van der Waals surface area contributed by atoms with E-state index in [4.69, 9.17) is 4.74 Å². The lowest BCUT2D eigenvalue weighted by Gasteiger charge is -2.14. The van der Waals surface area contributed by atoms with Gasteiger partial charge in [-0.1, -0.05) is 12.2 Å². The summed E-state index contributed by atoms with van der Waals surface area (Å²) in [5, 5.41) is 0. The maximum Gasteiger partial charge on any atom is 0.309 e. The minimum absolute atomic E-state index is 0.0261. The normalized spacial score (nSPS) is 33.9. The lowest BCUT2D eigenvalue weighted by molar-refractivity contribution is -0.146. The molecule has 0 aromatic carbocycles. The van der Waals surface area contributed by atoms with Crippen molar-refractivity contribution in [1.29, 1.82) is 0 Å². The van der Waals surface area contributed by atoms with Crippen molar-refractivity contribution in [2.45, 2.75) is 12.8 Å². The summed E-state index contributed by atoms with van der Waals surface area (Å²) >= 11 is 4.24. The topological polar surface area (TPSA) is 26.3 Å². The Balaban J connectivity index is 0.000000396. The number of hydrogen-bond acceptors (Lipinski definition) is 2. The summed E-state index contributed by atoms with van der Waals surface area (Å²) < 4.78 is 4.71. The van der Waals surface area contributed by atoms with Crippen LogP contribution in [0.25, 0.3) is 0 Å². The number of esters is 1. The van der Waals surface area contributed by atoms with Gasteiger partial charge in [0.1, 0.15) is 0 Å². The quantitative estimate of drug-likeness (QED) is 0.380. The fraction of sp³-hybridized carbons (Fsp3) is 0.667. The molecule has 0 spiro atoms. The molecule has 0 saturated heterocycles. The number of hydrogen-bond donors (Lipinski definition) is 0. The van der Waals surface area contributed by atoms with Crippen molar-refractivity contribution >= 4 is 43.2 Å².